The number of amides is 1. The number of para-hydroxylation sites is 1. The van der Waals surface area contributed by atoms with Crippen LogP contribution in [0, 0.1) is 6.92 Å². The zero-order chi connectivity index (χ0) is 17.8. The zero-order valence-corrected chi connectivity index (χ0v) is 14.0. The van der Waals surface area contributed by atoms with E-state index in [-0.39, 0.29) is 24.4 Å². The molecule has 0 aliphatic carbocycles. The monoisotopic (exact) mass is 337 g/mol. The lowest BCUT2D eigenvalue weighted by Crippen LogP contribution is -2.29. The number of carbonyl (C=O) groups is 1. The van der Waals surface area contributed by atoms with Gasteiger partial charge in [-0.25, -0.2) is 9.67 Å². The first-order chi connectivity index (χ1) is 12.1. The van der Waals surface area contributed by atoms with E-state index in [2.05, 4.69) is 22.0 Å². The quantitative estimate of drug-likeness (QED) is 0.693. The number of hydrogen-bond acceptors (Lipinski definition) is 4. The fourth-order valence-electron chi connectivity index (χ4n) is 2.62. The van der Waals surface area contributed by atoms with E-state index in [1.807, 2.05) is 30.3 Å². The molecule has 0 aliphatic rings. The highest BCUT2D eigenvalue weighted by molar-refractivity contribution is 5.76. The average molecular weight is 337 g/mol. The van der Waals surface area contributed by atoms with E-state index < -0.39 is 0 Å². The molecule has 25 heavy (non-hydrogen) atoms. The van der Waals surface area contributed by atoms with Gasteiger partial charge in [0.25, 0.3) is 5.56 Å². The van der Waals surface area contributed by atoms with Crippen molar-refractivity contribution in [2.24, 2.45) is 0 Å². The second-order valence-electron chi connectivity index (χ2n) is 5.59. The molecule has 2 aromatic heterocycles. The first kappa shape index (κ1) is 16.6. The first-order valence-electron chi connectivity index (χ1n) is 8.00. The van der Waals surface area contributed by atoms with Gasteiger partial charge in [0.2, 0.25) is 5.91 Å². The van der Waals surface area contributed by atoms with Crippen molar-refractivity contribution in [3.63, 3.8) is 0 Å². The largest absolute Gasteiger partial charge is 0.353 e. The average Bonchev–Trinajstić information content (AvgIpc) is 3.04. The minimum Gasteiger partial charge on any atom is -0.353 e. The van der Waals surface area contributed by atoms with Crippen LogP contribution < -0.4 is 10.9 Å². The molecule has 0 spiro atoms. The lowest BCUT2D eigenvalue weighted by Gasteiger charge is -2.10. The molecule has 3 rings (SSSR count). The third-order valence-corrected chi connectivity index (χ3v) is 3.88. The third kappa shape index (κ3) is 3.35. The number of hydrogen-bond donors (Lipinski definition) is 1. The van der Waals surface area contributed by atoms with Crippen LogP contribution in [0.4, 0.5) is 0 Å². The molecule has 7 nitrogen and oxygen atoms in total. The summed E-state index contributed by atoms with van der Waals surface area (Å²) in [5.74, 6) is 0.415. The molecule has 0 bridgehead atoms. The second-order valence-corrected chi connectivity index (χ2v) is 5.59. The Labute approximate surface area is 144 Å². The van der Waals surface area contributed by atoms with Crippen LogP contribution in [-0.2, 0) is 11.3 Å². The van der Waals surface area contributed by atoms with E-state index in [0.717, 1.165) is 5.69 Å². The lowest BCUT2D eigenvalue weighted by atomic mass is 10.3. The smallest absolute Gasteiger partial charge is 0.264 e. The van der Waals surface area contributed by atoms with Gasteiger partial charge in [-0.1, -0.05) is 24.3 Å². The fraction of sp³-hybridized carbons (Fsp3) is 0.222. The molecular weight excluding hydrogens is 318 g/mol. The standard InChI is InChI=1S/C18H19N5O2/c1-3-10-19-16(24)9-11-22-13(2)21-17-15(18(22)25)12-20-23(17)14-7-5-4-6-8-14/h3-8,12H,1,9-11H2,2H3,(H,19,24). The topological polar surface area (TPSA) is 81.8 Å². The predicted octanol–water partition coefficient (Wildman–Crippen LogP) is 1.58. The summed E-state index contributed by atoms with van der Waals surface area (Å²) in [6.45, 7) is 5.99. The van der Waals surface area contributed by atoms with Crippen LogP contribution >= 0.6 is 0 Å². The minimum atomic E-state index is -0.193. The number of rotatable bonds is 6. The normalized spacial score (nSPS) is 10.8. The van der Waals surface area contributed by atoms with Crippen molar-refractivity contribution in [1.29, 1.82) is 0 Å². The predicted molar refractivity (Wildman–Crippen MR) is 95.7 cm³/mol. The van der Waals surface area contributed by atoms with Crippen molar-refractivity contribution in [1.82, 2.24) is 24.6 Å². The molecule has 0 aliphatic heterocycles. The van der Waals surface area contributed by atoms with Gasteiger partial charge in [0, 0.05) is 19.5 Å². The van der Waals surface area contributed by atoms with Crippen LogP contribution in [0.1, 0.15) is 12.2 Å². The van der Waals surface area contributed by atoms with E-state index in [0.29, 0.717) is 23.4 Å². The van der Waals surface area contributed by atoms with Gasteiger partial charge < -0.3 is 5.32 Å². The Morgan fingerprint density at radius 1 is 1.32 bits per heavy atom. The highest BCUT2D eigenvalue weighted by Crippen LogP contribution is 2.14. The minimum absolute atomic E-state index is 0.133. The Morgan fingerprint density at radius 2 is 2.08 bits per heavy atom. The summed E-state index contributed by atoms with van der Waals surface area (Å²) >= 11 is 0. The van der Waals surface area contributed by atoms with Gasteiger partial charge in [-0.15, -0.1) is 6.58 Å². The summed E-state index contributed by atoms with van der Waals surface area (Å²) in [4.78, 5) is 29.0. The van der Waals surface area contributed by atoms with Crippen LogP contribution in [0.2, 0.25) is 0 Å². The van der Waals surface area contributed by atoms with Crippen LogP contribution in [0.3, 0.4) is 0 Å². The molecule has 0 fully saturated rings. The van der Waals surface area contributed by atoms with Crippen LogP contribution in [0.5, 0.6) is 0 Å². The van der Waals surface area contributed by atoms with Gasteiger partial charge in [0.1, 0.15) is 11.2 Å². The number of carbonyl (C=O) groups excluding carboxylic acids is 1. The molecule has 0 radical (unpaired) electrons. The maximum atomic E-state index is 12.7. The van der Waals surface area contributed by atoms with Crippen molar-refractivity contribution in [2.45, 2.75) is 19.9 Å². The van der Waals surface area contributed by atoms with Crippen molar-refractivity contribution >= 4 is 16.9 Å². The zero-order valence-electron chi connectivity index (χ0n) is 14.0. The first-order valence-corrected chi connectivity index (χ1v) is 8.00. The van der Waals surface area contributed by atoms with Gasteiger partial charge in [-0.3, -0.25) is 14.2 Å². The molecule has 0 saturated carbocycles. The van der Waals surface area contributed by atoms with E-state index in [9.17, 15) is 9.59 Å². The number of benzene rings is 1. The molecular formula is C18H19N5O2. The number of fused-ring (bicyclic) bond motifs is 1. The summed E-state index contributed by atoms with van der Waals surface area (Å²) in [5.41, 5.74) is 1.16. The number of aromatic nitrogens is 4. The van der Waals surface area contributed by atoms with Crippen molar-refractivity contribution in [3.8, 4) is 5.69 Å². The summed E-state index contributed by atoms with van der Waals surface area (Å²) in [6, 6.07) is 9.52. The molecule has 2 heterocycles. The number of aryl methyl sites for hydroxylation is 1. The summed E-state index contributed by atoms with van der Waals surface area (Å²) in [7, 11) is 0. The van der Waals surface area contributed by atoms with Crippen LogP contribution in [0.15, 0.2) is 54.0 Å². The Kier molecular flexibility index (Phi) is 4.74. The van der Waals surface area contributed by atoms with E-state index in [1.54, 1.807) is 17.7 Å². The highest BCUT2D eigenvalue weighted by atomic mass is 16.1. The molecule has 0 atom stereocenters. The molecule has 3 aromatic rings. The molecule has 0 unspecified atom stereocenters. The second kappa shape index (κ2) is 7.12. The van der Waals surface area contributed by atoms with Crippen LogP contribution in [-0.4, -0.2) is 31.8 Å². The molecule has 1 aromatic carbocycles. The Morgan fingerprint density at radius 3 is 2.80 bits per heavy atom. The van der Waals surface area contributed by atoms with E-state index in [4.69, 9.17) is 0 Å². The van der Waals surface area contributed by atoms with Gasteiger partial charge in [-0.05, 0) is 19.1 Å². The molecule has 128 valence electrons. The molecule has 1 amide bonds. The van der Waals surface area contributed by atoms with Gasteiger partial charge in [-0.2, -0.15) is 5.10 Å². The summed E-state index contributed by atoms with van der Waals surface area (Å²) in [5, 5.41) is 7.42. The van der Waals surface area contributed by atoms with E-state index >= 15 is 0 Å². The van der Waals surface area contributed by atoms with E-state index in [1.165, 1.54) is 10.8 Å². The van der Waals surface area contributed by atoms with Gasteiger partial charge in [0.15, 0.2) is 5.65 Å². The van der Waals surface area contributed by atoms with Crippen molar-refractivity contribution in [3.05, 3.63) is 65.4 Å². The van der Waals surface area contributed by atoms with Crippen molar-refractivity contribution in [2.75, 3.05) is 6.54 Å². The summed E-state index contributed by atoms with van der Waals surface area (Å²) < 4.78 is 3.15. The lowest BCUT2D eigenvalue weighted by molar-refractivity contribution is -0.121. The molecule has 1 N–H and O–H groups in total. The van der Waals surface area contributed by atoms with Crippen LogP contribution in [0.25, 0.3) is 16.7 Å². The number of nitrogens with zero attached hydrogens (tertiary/aromatic N) is 4. The number of nitrogens with one attached hydrogen (secondary N) is 1. The Bertz CT molecular complexity index is 972. The highest BCUT2D eigenvalue weighted by Gasteiger charge is 2.14. The maximum absolute atomic E-state index is 12.7. The fourth-order valence-corrected chi connectivity index (χ4v) is 2.62. The Hall–Kier alpha value is -3.22. The third-order valence-electron chi connectivity index (χ3n) is 3.88. The maximum Gasteiger partial charge on any atom is 0.264 e. The van der Waals surface area contributed by atoms with Gasteiger partial charge >= 0.3 is 0 Å². The Balaban J connectivity index is 1.94. The summed E-state index contributed by atoms with van der Waals surface area (Å²) in [6.07, 6.45) is 3.33. The molecule has 0 saturated heterocycles. The molecule has 7 heteroatoms. The SMILES string of the molecule is C=CCNC(=O)CCn1c(C)nc2c(cnn2-c2ccccc2)c1=O. The van der Waals surface area contributed by atoms with Gasteiger partial charge in [0.05, 0.1) is 11.9 Å². The van der Waals surface area contributed by atoms with Crippen molar-refractivity contribution < 1.29 is 4.79 Å².